The van der Waals surface area contributed by atoms with Crippen molar-refractivity contribution in [3.63, 3.8) is 0 Å². The van der Waals surface area contributed by atoms with Crippen molar-refractivity contribution in [2.24, 2.45) is 4.99 Å². The Morgan fingerprint density at radius 1 is 1.04 bits per heavy atom. The first-order valence-electron chi connectivity index (χ1n) is 9.29. The van der Waals surface area contributed by atoms with E-state index in [-0.39, 0.29) is 5.41 Å². The van der Waals surface area contributed by atoms with E-state index >= 15 is 0 Å². The Morgan fingerprint density at radius 3 is 2.36 bits per heavy atom. The van der Waals surface area contributed by atoms with Gasteiger partial charge in [0.05, 0.1) is 13.2 Å². The van der Waals surface area contributed by atoms with Gasteiger partial charge in [0.1, 0.15) is 0 Å². The normalized spacial score (nSPS) is 12.2. The zero-order valence-electron chi connectivity index (χ0n) is 16.3. The van der Waals surface area contributed by atoms with Crippen LogP contribution in [-0.4, -0.2) is 53.0 Å². The number of benzene rings is 1. The van der Waals surface area contributed by atoms with Gasteiger partial charge in [0.15, 0.2) is 5.96 Å². The second-order valence-corrected chi connectivity index (χ2v) is 6.16. The Morgan fingerprint density at radius 2 is 1.76 bits per heavy atom. The molecule has 0 heterocycles. The van der Waals surface area contributed by atoms with Crippen LogP contribution in [0.15, 0.2) is 35.3 Å². The fraction of sp³-hybridized carbons (Fsp3) is 0.650. The lowest BCUT2D eigenvalue weighted by atomic mass is 9.76. The number of nitrogens with zero attached hydrogens (tertiary/aromatic N) is 1. The molecular formula is C20H35N3O2. The highest BCUT2D eigenvalue weighted by molar-refractivity contribution is 5.79. The molecule has 0 aromatic heterocycles. The number of methoxy groups -OCH3 is 1. The van der Waals surface area contributed by atoms with Crippen molar-refractivity contribution < 1.29 is 9.47 Å². The lowest BCUT2D eigenvalue weighted by Gasteiger charge is -2.33. The zero-order valence-corrected chi connectivity index (χ0v) is 16.3. The number of guanidine groups is 1. The first kappa shape index (κ1) is 21.5. The average Bonchev–Trinajstić information content (AvgIpc) is 2.67. The first-order valence-corrected chi connectivity index (χ1v) is 9.29. The Hall–Kier alpha value is -1.59. The van der Waals surface area contributed by atoms with E-state index in [9.17, 15) is 0 Å². The van der Waals surface area contributed by atoms with Crippen molar-refractivity contribution in [2.75, 3.05) is 47.1 Å². The highest BCUT2D eigenvalue weighted by Crippen LogP contribution is 2.30. The summed E-state index contributed by atoms with van der Waals surface area (Å²) in [5, 5.41) is 6.86. The summed E-state index contributed by atoms with van der Waals surface area (Å²) in [6.07, 6.45) is 3.12. The van der Waals surface area contributed by atoms with Crippen LogP contribution in [0.25, 0.3) is 0 Å². The second kappa shape index (κ2) is 12.7. The first-order chi connectivity index (χ1) is 12.2. The van der Waals surface area contributed by atoms with Crippen molar-refractivity contribution in [3.05, 3.63) is 35.9 Å². The molecular weight excluding hydrogens is 314 g/mol. The van der Waals surface area contributed by atoms with E-state index in [1.165, 1.54) is 5.56 Å². The predicted octanol–water partition coefficient (Wildman–Crippen LogP) is 2.96. The van der Waals surface area contributed by atoms with Gasteiger partial charge in [-0.1, -0.05) is 44.2 Å². The van der Waals surface area contributed by atoms with Crippen LogP contribution < -0.4 is 10.6 Å². The maximum absolute atomic E-state index is 5.47. The summed E-state index contributed by atoms with van der Waals surface area (Å²) in [5.41, 5.74) is 1.51. The molecule has 0 radical (unpaired) electrons. The van der Waals surface area contributed by atoms with E-state index in [0.717, 1.165) is 44.9 Å². The Kier molecular flexibility index (Phi) is 10.9. The molecule has 25 heavy (non-hydrogen) atoms. The molecule has 0 spiro atoms. The van der Waals surface area contributed by atoms with Gasteiger partial charge in [-0.3, -0.25) is 4.99 Å². The third-order valence-corrected chi connectivity index (χ3v) is 4.75. The molecule has 0 amide bonds. The molecule has 0 saturated carbocycles. The van der Waals surface area contributed by atoms with Gasteiger partial charge in [0.25, 0.3) is 0 Å². The van der Waals surface area contributed by atoms with Crippen molar-refractivity contribution >= 4 is 5.96 Å². The Labute approximate surface area is 153 Å². The summed E-state index contributed by atoms with van der Waals surface area (Å²) in [6, 6.07) is 10.8. The third kappa shape index (κ3) is 7.45. The van der Waals surface area contributed by atoms with Crippen LogP contribution in [0.4, 0.5) is 0 Å². The van der Waals surface area contributed by atoms with Gasteiger partial charge in [0.2, 0.25) is 0 Å². The van der Waals surface area contributed by atoms with Gasteiger partial charge in [-0.15, -0.1) is 0 Å². The quantitative estimate of drug-likeness (QED) is 0.346. The molecule has 0 bridgehead atoms. The molecule has 0 saturated heterocycles. The van der Waals surface area contributed by atoms with Crippen LogP contribution in [0.2, 0.25) is 0 Å². The lowest BCUT2D eigenvalue weighted by Crippen LogP contribution is -2.45. The van der Waals surface area contributed by atoms with Gasteiger partial charge < -0.3 is 20.1 Å². The molecule has 0 unspecified atom stereocenters. The zero-order chi connectivity index (χ0) is 18.4. The molecule has 1 aromatic carbocycles. The molecule has 0 fully saturated rings. The van der Waals surface area contributed by atoms with Gasteiger partial charge in [0, 0.05) is 39.3 Å². The fourth-order valence-corrected chi connectivity index (χ4v) is 2.90. The van der Waals surface area contributed by atoms with Crippen molar-refractivity contribution in [1.82, 2.24) is 10.6 Å². The van der Waals surface area contributed by atoms with Crippen molar-refractivity contribution in [1.29, 1.82) is 0 Å². The number of nitrogens with one attached hydrogen (secondary N) is 2. The monoisotopic (exact) mass is 349 g/mol. The van der Waals surface area contributed by atoms with E-state index in [4.69, 9.17) is 9.47 Å². The maximum Gasteiger partial charge on any atom is 0.191 e. The van der Waals surface area contributed by atoms with Gasteiger partial charge in [-0.2, -0.15) is 0 Å². The van der Waals surface area contributed by atoms with Crippen LogP contribution in [-0.2, 0) is 14.9 Å². The highest BCUT2D eigenvalue weighted by Gasteiger charge is 2.28. The standard InChI is InChI=1S/C20H35N3O2/c1-5-20(6-2,18-11-8-7-9-12-18)17-23-19(21-3)22-13-10-14-25-16-15-24-4/h7-9,11-12H,5-6,10,13-17H2,1-4H3,(H2,21,22,23). The third-order valence-electron chi connectivity index (χ3n) is 4.75. The van der Waals surface area contributed by atoms with Gasteiger partial charge in [-0.05, 0) is 24.8 Å². The van der Waals surface area contributed by atoms with E-state index in [0.29, 0.717) is 13.2 Å². The van der Waals surface area contributed by atoms with Crippen LogP contribution in [0.1, 0.15) is 38.7 Å². The van der Waals surface area contributed by atoms with Gasteiger partial charge >= 0.3 is 0 Å². The summed E-state index contributed by atoms with van der Waals surface area (Å²) >= 11 is 0. The van der Waals surface area contributed by atoms with Crippen LogP contribution in [0.5, 0.6) is 0 Å². The van der Waals surface area contributed by atoms with Crippen molar-refractivity contribution in [3.8, 4) is 0 Å². The molecule has 5 nitrogen and oxygen atoms in total. The SMILES string of the molecule is CCC(CC)(CNC(=NC)NCCCOCCOC)c1ccccc1. The fourth-order valence-electron chi connectivity index (χ4n) is 2.90. The molecule has 0 aliphatic heterocycles. The number of rotatable bonds is 12. The maximum atomic E-state index is 5.47. The molecule has 0 aliphatic carbocycles. The minimum Gasteiger partial charge on any atom is -0.382 e. The number of ether oxygens (including phenoxy) is 2. The van der Waals surface area contributed by atoms with Gasteiger partial charge in [-0.25, -0.2) is 0 Å². The molecule has 1 aromatic rings. The minimum absolute atomic E-state index is 0.127. The minimum atomic E-state index is 0.127. The van der Waals surface area contributed by atoms with Crippen LogP contribution >= 0.6 is 0 Å². The smallest absolute Gasteiger partial charge is 0.191 e. The topological polar surface area (TPSA) is 54.9 Å². The number of hydrogen-bond acceptors (Lipinski definition) is 3. The molecule has 2 N–H and O–H groups in total. The summed E-state index contributed by atoms with van der Waals surface area (Å²) in [5.74, 6) is 0.846. The second-order valence-electron chi connectivity index (χ2n) is 6.16. The predicted molar refractivity (Wildman–Crippen MR) is 105 cm³/mol. The summed E-state index contributed by atoms with van der Waals surface area (Å²) in [6.45, 7) is 8.24. The number of hydrogen-bond donors (Lipinski definition) is 2. The molecule has 0 atom stereocenters. The molecule has 1 rings (SSSR count). The number of aliphatic imine (C=N–C) groups is 1. The van der Waals surface area contributed by atoms with Crippen LogP contribution in [0.3, 0.4) is 0 Å². The average molecular weight is 350 g/mol. The molecule has 5 heteroatoms. The highest BCUT2D eigenvalue weighted by atomic mass is 16.5. The Bertz CT molecular complexity index is 473. The molecule has 142 valence electrons. The van der Waals surface area contributed by atoms with E-state index < -0.39 is 0 Å². The Balaban J connectivity index is 2.43. The summed E-state index contributed by atoms with van der Waals surface area (Å²) in [4.78, 5) is 4.33. The van der Waals surface area contributed by atoms with E-state index in [1.54, 1.807) is 7.11 Å². The van der Waals surface area contributed by atoms with Crippen LogP contribution in [0, 0.1) is 0 Å². The largest absolute Gasteiger partial charge is 0.382 e. The van der Waals surface area contributed by atoms with Crippen molar-refractivity contribution in [2.45, 2.75) is 38.5 Å². The summed E-state index contributed by atoms with van der Waals surface area (Å²) < 4.78 is 10.4. The summed E-state index contributed by atoms with van der Waals surface area (Å²) in [7, 11) is 3.50. The lowest BCUT2D eigenvalue weighted by molar-refractivity contribution is 0.0698. The van der Waals surface area contributed by atoms with E-state index in [2.05, 4.69) is 59.8 Å². The molecule has 0 aliphatic rings. The van der Waals surface area contributed by atoms with E-state index in [1.807, 2.05) is 7.05 Å².